The van der Waals surface area contributed by atoms with Crippen LogP contribution in [0.1, 0.15) is 58.9 Å². The molecule has 0 radical (unpaired) electrons. The van der Waals surface area contributed by atoms with E-state index in [4.69, 9.17) is 10.2 Å². The van der Waals surface area contributed by atoms with Crippen LogP contribution in [0.3, 0.4) is 0 Å². The van der Waals surface area contributed by atoms with E-state index in [0.29, 0.717) is 11.9 Å². The molecular weight excluding hydrogens is 204 g/mol. The topological polar surface area (TPSA) is 77.0 Å². The van der Waals surface area contributed by atoms with Gasteiger partial charge in [0.05, 0.1) is 6.04 Å². The first-order valence-corrected chi connectivity index (χ1v) is 5.94. The summed E-state index contributed by atoms with van der Waals surface area (Å²) in [6.07, 6.45) is 3.07. The minimum absolute atomic E-state index is 0.0433. The Balaban J connectivity index is 2.77. The molecule has 0 saturated carbocycles. The zero-order chi connectivity index (χ0) is 12.2. The second kappa shape index (κ2) is 5.30. The lowest BCUT2D eigenvalue weighted by Crippen LogP contribution is -2.36. The van der Waals surface area contributed by atoms with Crippen molar-refractivity contribution in [3.8, 4) is 0 Å². The maximum absolute atomic E-state index is 5.66. The number of anilines is 1. The van der Waals surface area contributed by atoms with E-state index < -0.39 is 0 Å². The Morgan fingerprint density at radius 3 is 2.19 bits per heavy atom. The van der Waals surface area contributed by atoms with Gasteiger partial charge < -0.3 is 15.5 Å². The molecule has 0 aliphatic heterocycles. The zero-order valence-corrected chi connectivity index (χ0v) is 10.6. The second-order valence-electron chi connectivity index (χ2n) is 4.20. The number of rotatable bonds is 6. The molecule has 0 aromatic carbocycles. The third kappa shape index (κ3) is 2.72. The first-order valence-electron chi connectivity index (χ1n) is 5.94. The SMILES string of the molecule is CCC(CC)(CC)Nc1nnc(C(C)N)o1. The Kier molecular flexibility index (Phi) is 4.29. The highest BCUT2D eigenvalue weighted by molar-refractivity contribution is 5.24. The molecule has 1 aromatic heterocycles. The van der Waals surface area contributed by atoms with Crippen molar-refractivity contribution in [1.82, 2.24) is 10.2 Å². The van der Waals surface area contributed by atoms with Crippen LogP contribution < -0.4 is 11.1 Å². The lowest BCUT2D eigenvalue weighted by Gasteiger charge is -2.30. The van der Waals surface area contributed by atoms with Crippen LogP contribution in [0.25, 0.3) is 0 Å². The molecule has 0 bridgehead atoms. The van der Waals surface area contributed by atoms with Gasteiger partial charge in [0, 0.05) is 5.54 Å². The summed E-state index contributed by atoms with van der Waals surface area (Å²) in [6, 6.07) is 0.250. The number of nitrogens with two attached hydrogens (primary N) is 1. The van der Waals surface area contributed by atoms with Gasteiger partial charge in [0.1, 0.15) is 0 Å². The van der Waals surface area contributed by atoms with Gasteiger partial charge in [0.2, 0.25) is 5.89 Å². The van der Waals surface area contributed by atoms with Crippen LogP contribution in [0.5, 0.6) is 0 Å². The molecule has 0 saturated heterocycles. The van der Waals surface area contributed by atoms with E-state index in [-0.39, 0.29) is 11.6 Å². The van der Waals surface area contributed by atoms with Crippen molar-refractivity contribution in [2.45, 2.75) is 58.5 Å². The standard InChI is InChI=1S/C11H22N4O/c1-5-11(6-2,7-3)13-10-15-14-9(16-10)8(4)12/h8H,5-7,12H2,1-4H3,(H,13,15). The Morgan fingerprint density at radius 1 is 1.25 bits per heavy atom. The Hall–Kier alpha value is -1.10. The van der Waals surface area contributed by atoms with Crippen molar-refractivity contribution in [3.05, 3.63) is 5.89 Å². The van der Waals surface area contributed by atoms with Crippen molar-refractivity contribution >= 4 is 6.01 Å². The molecule has 0 spiro atoms. The van der Waals surface area contributed by atoms with Crippen LogP contribution in [-0.2, 0) is 0 Å². The summed E-state index contributed by atoms with van der Waals surface area (Å²) in [4.78, 5) is 0. The summed E-state index contributed by atoms with van der Waals surface area (Å²) in [6.45, 7) is 8.29. The molecule has 1 aromatic rings. The molecule has 1 atom stereocenters. The van der Waals surface area contributed by atoms with Gasteiger partial charge in [-0.15, -0.1) is 5.10 Å². The lowest BCUT2D eigenvalue weighted by atomic mass is 9.90. The quantitative estimate of drug-likeness (QED) is 0.779. The van der Waals surface area contributed by atoms with Gasteiger partial charge in [-0.1, -0.05) is 25.9 Å². The fraction of sp³-hybridized carbons (Fsp3) is 0.818. The number of hydrogen-bond acceptors (Lipinski definition) is 5. The second-order valence-corrected chi connectivity index (χ2v) is 4.20. The van der Waals surface area contributed by atoms with Gasteiger partial charge in [0.15, 0.2) is 0 Å². The summed E-state index contributed by atoms with van der Waals surface area (Å²) in [7, 11) is 0. The summed E-state index contributed by atoms with van der Waals surface area (Å²) >= 11 is 0. The molecule has 1 unspecified atom stereocenters. The Bertz CT molecular complexity index is 309. The van der Waals surface area contributed by atoms with Gasteiger partial charge in [-0.2, -0.15) is 0 Å². The van der Waals surface area contributed by atoms with E-state index in [9.17, 15) is 0 Å². The highest BCUT2D eigenvalue weighted by Gasteiger charge is 2.25. The summed E-state index contributed by atoms with van der Waals surface area (Å²) < 4.78 is 5.45. The third-order valence-corrected chi connectivity index (χ3v) is 3.23. The predicted octanol–water partition coefficient (Wildman–Crippen LogP) is 2.47. The molecule has 0 aliphatic carbocycles. The normalized spacial score (nSPS) is 13.8. The van der Waals surface area contributed by atoms with Crippen molar-refractivity contribution in [3.63, 3.8) is 0 Å². The number of nitrogens with one attached hydrogen (secondary N) is 1. The van der Waals surface area contributed by atoms with Crippen LogP contribution in [0.2, 0.25) is 0 Å². The van der Waals surface area contributed by atoms with E-state index in [0.717, 1.165) is 19.3 Å². The summed E-state index contributed by atoms with van der Waals surface area (Å²) in [5, 5.41) is 11.2. The van der Waals surface area contributed by atoms with E-state index in [2.05, 4.69) is 36.3 Å². The first-order chi connectivity index (χ1) is 7.56. The highest BCUT2D eigenvalue weighted by Crippen LogP contribution is 2.25. The highest BCUT2D eigenvalue weighted by atomic mass is 16.4. The van der Waals surface area contributed by atoms with Crippen LogP contribution in [0.4, 0.5) is 6.01 Å². The van der Waals surface area contributed by atoms with Crippen LogP contribution >= 0.6 is 0 Å². The molecule has 1 rings (SSSR count). The van der Waals surface area contributed by atoms with Crippen molar-refractivity contribution < 1.29 is 4.42 Å². The Morgan fingerprint density at radius 2 is 1.81 bits per heavy atom. The van der Waals surface area contributed by atoms with Crippen LogP contribution in [0, 0.1) is 0 Å². The van der Waals surface area contributed by atoms with E-state index >= 15 is 0 Å². The first kappa shape index (κ1) is 13.0. The number of aromatic nitrogens is 2. The van der Waals surface area contributed by atoms with Gasteiger partial charge in [-0.25, -0.2) is 0 Å². The summed E-state index contributed by atoms with van der Waals surface area (Å²) in [5.41, 5.74) is 5.71. The van der Waals surface area contributed by atoms with Crippen LogP contribution in [-0.4, -0.2) is 15.7 Å². The Labute approximate surface area is 96.8 Å². The fourth-order valence-corrected chi connectivity index (χ4v) is 1.71. The van der Waals surface area contributed by atoms with Gasteiger partial charge >= 0.3 is 6.01 Å². The number of nitrogens with zero attached hydrogens (tertiary/aromatic N) is 2. The average molecular weight is 226 g/mol. The molecule has 5 nitrogen and oxygen atoms in total. The van der Waals surface area contributed by atoms with Crippen molar-refractivity contribution in [1.29, 1.82) is 0 Å². The minimum atomic E-state index is -0.220. The predicted molar refractivity (Wildman–Crippen MR) is 64.1 cm³/mol. The van der Waals surface area contributed by atoms with Crippen LogP contribution in [0.15, 0.2) is 4.42 Å². The van der Waals surface area contributed by atoms with E-state index in [1.807, 2.05) is 6.92 Å². The van der Waals surface area contributed by atoms with Gasteiger partial charge in [0.25, 0.3) is 0 Å². The monoisotopic (exact) mass is 226 g/mol. The molecule has 1 heterocycles. The molecule has 16 heavy (non-hydrogen) atoms. The van der Waals surface area contributed by atoms with Gasteiger partial charge in [-0.3, -0.25) is 0 Å². The minimum Gasteiger partial charge on any atom is -0.406 e. The van der Waals surface area contributed by atoms with E-state index in [1.165, 1.54) is 0 Å². The lowest BCUT2D eigenvalue weighted by molar-refractivity contribution is 0.393. The molecule has 92 valence electrons. The summed E-state index contributed by atoms with van der Waals surface area (Å²) in [5.74, 6) is 0.472. The smallest absolute Gasteiger partial charge is 0.315 e. The molecule has 5 heteroatoms. The molecule has 0 amide bonds. The largest absolute Gasteiger partial charge is 0.406 e. The van der Waals surface area contributed by atoms with E-state index in [1.54, 1.807) is 0 Å². The average Bonchev–Trinajstić information content (AvgIpc) is 2.74. The molecular formula is C11H22N4O. The van der Waals surface area contributed by atoms with Crippen molar-refractivity contribution in [2.24, 2.45) is 5.73 Å². The fourth-order valence-electron chi connectivity index (χ4n) is 1.71. The molecule has 0 aliphatic rings. The zero-order valence-electron chi connectivity index (χ0n) is 10.6. The third-order valence-electron chi connectivity index (χ3n) is 3.23. The molecule has 3 N–H and O–H groups in total. The maximum atomic E-state index is 5.66. The number of hydrogen-bond donors (Lipinski definition) is 2. The van der Waals surface area contributed by atoms with Crippen molar-refractivity contribution in [2.75, 3.05) is 5.32 Å². The van der Waals surface area contributed by atoms with Gasteiger partial charge in [-0.05, 0) is 26.2 Å². The molecule has 0 fully saturated rings. The maximum Gasteiger partial charge on any atom is 0.315 e.